The van der Waals surface area contributed by atoms with Gasteiger partial charge in [-0.05, 0) is 6.92 Å². The van der Waals surface area contributed by atoms with Crippen LogP contribution >= 0.6 is 22.7 Å². The van der Waals surface area contributed by atoms with Crippen LogP contribution in [0.4, 0.5) is 5.13 Å². The number of rotatable bonds is 5. The highest BCUT2D eigenvalue weighted by atomic mass is 32.1. The molecular formula is C9H11N5OS2. The predicted molar refractivity (Wildman–Crippen MR) is 67.4 cm³/mol. The maximum atomic E-state index is 11.7. The van der Waals surface area contributed by atoms with E-state index in [0.717, 1.165) is 11.4 Å². The van der Waals surface area contributed by atoms with Gasteiger partial charge in [-0.2, -0.15) is 0 Å². The van der Waals surface area contributed by atoms with Crippen molar-refractivity contribution in [1.82, 2.24) is 20.5 Å². The molecule has 0 aliphatic heterocycles. The van der Waals surface area contributed by atoms with Crippen molar-refractivity contribution >= 4 is 33.7 Å². The van der Waals surface area contributed by atoms with Crippen LogP contribution in [0.15, 0.2) is 11.7 Å². The minimum Gasteiger partial charge on any atom is -0.360 e. The van der Waals surface area contributed by atoms with Gasteiger partial charge in [0.15, 0.2) is 0 Å². The molecule has 0 atom stereocenters. The fourth-order valence-electron chi connectivity index (χ4n) is 1.11. The van der Waals surface area contributed by atoms with Crippen LogP contribution in [0.2, 0.25) is 0 Å². The first-order chi connectivity index (χ1) is 8.29. The smallest absolute Gasteiger partial charge is 0.282 e. The molecule has 0 saturated heterocycles. The Balaban J connectivity index is 1.90. The van der Waals surface area contributed by atoms with Gasteiger partial charge in [-0.3, -0.25) is 9.78 Å². The molecule has 2 rings (SSSR count). The Kier molecular flexibility index (Phi) is 3.99. The molecule has 0 aromatic carbocycles. The van der Waals surface area contributed by atoms with E-state index in [-0.39, 0.29) is 5.91 Å². The van der Waals surface area contributed by atoms with Gasteiger partial charge in [0, 0.05) is 17.6 Å². The van der Waals surface area contributed by atoms with E-state index >= 15 is 0 Å². The van der Waals surface area contributed by atoms with Crippen molar-refractivity contribution < 1.29 is 4.79 Å². The summed E-state index contributed by atoms with van der Waals surface area (Å²) in [6, 6.07) is 0. The van der Waals surface area contributed by atoms with Gasteiger partial charge < -0.3 is 10.6 Å². The zero-order valence-electron chi connectivity index (χ0n) is 9.14. The average Bonchev–Trinajstić information content (AvgIpc) is 2.97. The molecule has 0 saturated carbocycles. The lowest BCUT2D eigenvalue weighted by molar-refractivity contribution is 0.0950. The minimum atomic E-state index is -0.208. The molecule has 0 fully saturated rings. The first-order valence-corrected chi connectivity index (χ1v) is 6.72. The SMILES string of the molecule is CCNc1nnc(C(=O)NCc2cncs2)s1. The molecule has 0 radical (unpaired) electrons. The molecule has 2 aromatic heterocycles. The zero-order chi connectivity index (χ0) is 12.1. The summed E-state index contributed by atoms with van der Waals surface area (Å²) in [5.74, 6) is -0.208. The molecule has 1 amide bonds. The Morgan fingerprint density at radius 1 is 1.47 bits per heavy atom. The summed E-state index contributed by atoms with van der Waals surface area (Å²) in [6.07, 6.45) is 1.73. The van der Waals surface area contributed by atoms with E-state index in [2.05, 4.69) is 25.8 Å². The number of nitrogens with zero attached hydrogens (tertiary/aromatic N) is 3. The topological polar surface area (TPSA) is 79.8 Å². The summed E-state index contributed by atoms with van der Waals surface area (Å²) in [5, 5.41) is 14.5. The first kappa shape index (κ1) is 11.9. The van der Waals surface area contributed by atoms with Gasteiger partial charge in [-0.1, -0.05) is 11.3 Å². The molecule has 0 aliphatic rings. The highest BCUT2D eigenvalue weighted by Gasteiger charge is 2.12. The monoisotopic (exact) mass is 269 g/mol. The van der Waals surface area contributed by atoms with Crippen LogP contribution < -0.4 is 10.6 Å². The molecule has 0 unspecified atom stereocenters. The highest BCUT2D eigenvalue weighted by Crippen LogP contribution is 2.14. The fourth-order valence-corrected chi connectivity index (χ4v) is 2.37. The number of anilines is 1. The summed E-state index contributed by atoms with van der Waals surface area (Å²) in [4.78, 5) is 16.7. The molecular weight excluding hydrogens is 258 g/mol. The summed E-state index contributed by atoms with van der Waals surface area (Å²) in [7, 11) is 0. The number of carbonyl (C=O) groups excluding carboxylic acids is 1. The third-order valence-electron chi connectivity index (χ3n) is 1.85. The third-order valence-corrected chi connectivity index (χ3v) is 3.51. The largest absolute Gasteiger partial charge is 0.360 e. The minimum absolute atomic E-state index is 0.208. The highest BCUT2D eigenvalue weighted by molar-refractivity contribution is 7.17. The normalized spacial score (nSPS) is 10.2. The second-order valence-corrected chi connectivity index (χ2v) is 5.04. The maximum absolute atomic E-state index is 11.7. The van der Waals surface area contributed by atoms with E-state index in [4.69, 9.17) is 0 Å². The van der Waals surface area contributed by atoms with Crippen molar-refractivity contribution in [2.75, 3.05) is 11.9 Å². The van der Waals surface area contributed by atoms with E-state index in [0.29, 0.717) is 16.7 Å². The van der Waals surface area contributed by atoms with E-state index in [1.807, 2.05) is 6.92 Å². The number of nitrogens with one attached hydrogen (secondary N) is 2. The maximum Gasteiger partial charge on any atom is 0.282 e. The second kappa shape index (κ2) is 5.69. The van der Waals surface area contributed by atoms with Gasteiger partial charge in [-0.25, -0.2) is 0 Å². The fraction of sp³-hybridized carbons (Fsp3) is 0.333. The Labute approximate surface area is 106 Å². The van der Waals surface area contributed by atoms with Gasteiger partial charge in [-0.15, -0.1) is 21.5 Å². The van der Waals surface area contributed by atoms with Crippen molar-refractivity contribution in [3.63, 3.8) is 0 Å². The molecule has 2 N–H and O–H groups in total. The van der Waals surface area contributed by atoms with Gasteiger partial charge in [0.05, 0.1) is 12.1 Å². The van der Waals surface area contributed by atoms with Gasteiger partial charge >= 0.3 is 0 Å². The van der Waals surface area contributed by atoms with Crippen LogP contribution in [-0.2, 0) is 6.54 Å². The lowest BCUT2D eigenvalue weighted by Gasteiger charge is -1.98. The van der Waals surface area contributed by atoms with Gasteiger partial charge in [0.1, 0.15) is 0 Å². The second-order valence-electron chi connectivity index (χ2n) is 3.09. The van der Waals surface area contributed by atoms with E-state index in [1.165, 1.54) is 22.7 Å². The van der Waals surface area contributed by atoms with Crippen LogP contribution in [0.5, 0.6) is 0 Å². The number of hydrogen-bond donors (Lipinski definition) is 2. The Morgan fingerprint density at radius 2 is 2.35 bits per heavy atom. The average molecular weight is 269 g/mol. The molecule has 2 aromatic rings. The summed E-state index contributed by atoms with van der Waals surface area (Å²) in [5.41, 5.74) is 1.73. The number of carbonyl (C=O) groups is 1. The van der Waals surface area contributed by atoms with Gasteiger partial charge in [0.2, 0.25) is 10.1 Å². The standard InChI is InChI=1S/C9H11N5OS2/c1-2-11-9-14-13-8(17-9)7(15)12-4-6-3-10-5-16-6/h3,5H,2,4H2,1H3,(H,11,14)(H,12,15). The van der Waals surface area contributed by atoms with Crippen molar-refractivity contribution in [3.05, 3.63) is 21.6 Å². The number of amides is 1. The van der Waals surface area contributed by atoms with Crippen LogP contribution in [0.25, 0.3) is 0 Å². The van der Waals surface area contributed by atoms with Crippen LogP contribution in [0.1, 0.15) is 21.6 Å². The zero-order valence-corrected chi connectivity index (χ0v) is 10.8. The number of thiazole rings is 1. The summed E-state index contributed by atoms with van der Waals surface area (Å²) in [6.45, 7) is 3.20. The van der Waals surface area contributed by atoms with Crippen LogP contribution in [0.3, 0.4) is 0 Å². The van der Waals surface area contributed by atoms with Crippen molar-refractivity contribution in [2.24, 2.45) is 0 Å². The predicted octanol–water partition coefficient (Wildman–Crippen LogP) is 1.36. The lowest BCUT2D eigenvalue weighted by atomic mass is 10.5. The molecule has 8 heteroatoms. The van der Waals surface area contributed by atoms with Crippen molar-refractivity contribution in [2.45, 2.75) is 13.5 Å². The first-order valence-electron chi connectivity index (χ1n) is 5.02. The summed E-state index contributed by atoms with van der Waals surface area (Å²) < 4.78 is 0. The Hall–Kier alpha value is -1.54. The molecule has 0 bridgehead atoms. The number of aromatic nitrogens is 3. The van der Waals surface area contributed by atoms with E-state index < -0.39 is 0 Å². The molecule has 17 heavy (non-hydrogen) atoms. The molecule has 6 nitrogen and oxygen atoms in total. The van der Waals surface area contributed by atoms with Gasteiger partial charge in [0.25, 0.3) is 5.91 Å². The van der Waals surface area contributed by atoms with E-state index in [1.54, 1.807) is 11.7 Å². The van der Waals surface area contributed by atoms with Crippen molar-refractivity contribution in [3.8, 4) is 0 Å². The molecule has 2 heterocycles. The molecule has 0 aliphatic carbocycles. The van der Waals surface area contributed by atoms with E-state index in [9.17, 15) is 4.79 Å². The van der Waals surface area contributed by atoms with Crippen LogP contribution in [-0.4, -0.2) is 27.6 Å². The van der Waals surface area contributed by atoms with Crippen LogP contribution in [0, 0.1) is 0 Å². The molecule has 90 valence electrons. The third kappa shape index (κ3) is 3.21. The number of hydrogen-bond acceptors (Lipinski definition) is 7. The molecule has 0 spiro atoms. The summed E-state index contributed by atoms with van der Waals surface area (Å²) >= 11 is 2.75. The lowest BCUT2D eigenvalue weighted by Crippen LogP contribution is -2.22. The quantitative estimate of drug-likeness (QED) is 0.856. The Morgan fingerprint density at radius 3 is 3.06 bits per heavy atom. The van der Waals surface area contributed by atoms with Crippen molar-refractivity contribution in [1.29, 1.82) is 0 Å². The Bertz CT molecular complexity index is 481.